The highest BCUT2D eigenvalue weighted by Gasteiger charge is 2.09. The number of benzene rings is 2. The Kier molecular flexibility index (Phi) is 5.76. The summed E-state index contributed by atoms with van der Waals surface area (Å²) < 4.78 is 28.5. The number of hydrogen-bond donors (Lipinski definition) is 2. The smallest absolute Gasteiger partial charge is 0.387 e. The van der Waals surface area contributed by atoms with Crippen molar-refractivity contribution in [2.45, 2.75) is 13.5 Å². The zero-order valence-electron chi connectivity index (χ0n) is 12.3. The maximum Gasteiger partial charge on any atom is 0.387 e. The molecule has 2 rings (SSSR count). The van der Waals surface area contributed by atoms with E-state index in [0.29, 0.717) is 11.4 Å². The van der Waals surface area contributed by atoms with Crippen molar-refractivity contribution in [2.75, 3.05) is 17.2 Å². The highest BCUT2D eigenvalue weighted by Crippen LogP contribution is 2.28. The molecule has 0 bridgehead atoms. The minimum absolute atomic E-state index is 0.0132. The number of carbonyl (C=O) groups excluding carboxylic acids is 1. The predicted octanol–water partition coefficient (Wildman–Crippen LogP) is 4.30. The van der Waals surface area contributed by atoms with Crippen LogP contribution in [-0.2, 0) is 4.79 Å². The number of hydrogen-bond acceptors (Lipinski definition) is 3. The normalized spacial score (nSPS) is 10.5. The number of nitrogens with one attached hydrogen (secondary N) is 2. The summed E-state index contributed by atoms with van der Waals surface area (Å²) in [6.07, 6.45) is 0. The zero-order chi connectivity index (χ0) is 16.8. The number of amides is 1. The van der Waals surface area contributed by atoms with Gasteiger partial charge in [-0.15, -0.1) is 0 Å². The van der Waals surface area contributed by atoms with Crippen LogP contribution in [0, 0.1) is 6.92 Å². The molecule has 2 aromatic carbocycles. The van der Waals surface area contributed by atoms with Crippen LogP contribution >= 0.6 is 11.6 Å². The number of anilines is 2. The molecule has 2 N–H and O–H groups in total. The van der Waals surface area contributed by atoms with Crippen LogP contribution in [-0.4, -0.2) is 19.1 Å². The van der Waals surface area contributed by atoms with Gasteiger partial charge in [-0.05, 0) is 42.8 Å². The van der Waals surface area contributed by atoms with E-state index in [1.165, 1.54) is 18.2 Å². The second-order valence-electron chi connectivity index (χ2n) is 4.79. The average Bonchev–Trinajstić information content (AvgIpc) is 2.47. The van der Waals surface area contributed by atoms with Crippen molar-refractivity contribution in [1.29, 1.82) is 0 Å². The summed E-state index contributed by atoms with van der Waals surface area (Å²) in [6.45, 7) is -0.996. The van der Waals surface area contributed by atoms with Crippen LogP contribution in [0.1, 0.15) is 5.56 Å². The van der Waals surface area contributed by atoms with E-state index in [2.05, 4.69) is 15.4 Å². The Bertz CT molecular complexity index is 696. The number of halogens is 3. The standard InChI is InChI=1S/C16H15ClF2N2O2/c1-10-3-2-4-12(7-10)21-15(22)9-20-11-5-6-14(13(17)8-11)23-16(18)19/h2-8,16,20H,9H2,1H3,(H,21,22). The molecule has 0 heterocycles. The first-order valence-corrected chi connectivity index (χ1v) is 7.16. The molecule has 0 atom stereocenters. The van der Waals surface area contributed by atoms with Crippen LogP contribution in [0.5, 0.6) is 5.75 Å². The molecule has 0 spiro atoms. The third-order valence-electron chi connectivity index (χ3n) is 2.90. The predicted molar refractivity (Wildman–Crippen MR) is 86.4 cm³/mol. The molecule has 0 aliphatic carbocycles. The van der Waals surface area contributed by atoms with Gasteiger partial charge in [-0.25, -0.2) is 0 Å². The lowest BCUT2D eigenvalue weighted by Crippen LogP contribution is -2.21. The summed E-state index contributed by atoms with van der Waals surface area (Å²) in [5, 5.41) is 5.64. The van der Waals surface area contributed by atoms with Crippen LogP contribution in [0.15, 0.2) is 42.5 Å². The van der Waals surface area contributed by atoms with Gasteiger partial charge in [-0.1, -0.05) is 23.7 Å². The van der Waals surface area contributed by atoms with Crippen molar-refractivity contribution in [3.05, 3.63) is 53.1 Å². The maximum absolute atomic E-state index is 12.1. The quantitative estimate of drug-likeness (QED) is 0.824. The van der Waals surface area contributed by atoms with Gasteiger partial charge in [0.1, 0.15) is 5.75 Å². The SMILES string of the molecule is Cc1cccc(NC(=O)CNc2ccc(OC(F)F)c(Cl)c2)c1. The highest BCUT2D eigenvalue weighted by atomic mass is 35.5. The zero-order valence-corrected chi connectivity index (χ0v) is 13.0. The van der Waals surface area contributed by atoms with Crippen molar-refractivity contribution in [1.82, 2.24) is 0 Å². The van der Waals surface area contributed by atoms with E-state index >= 15 is 0 Å². The number of alkyl halides is 2. The van der Waals surface area contributed by atoms with Crippen LogP contribution < -0.4 is 15.4 Å². The third kappa shape index (κ3) is 5.41. The van der Waals surface area contributed by atoms with Gasteiger partial charge in [0, 0.05) is 11.4 Å². The van der Waals surface area contributed by atoms with Crippen molar-refractivity contribution in [3.63, 3.8) is 0 Å². The van der Waals surface area contributed by atoms with Gasteiger partial charge in [0.25, 0.3) is 0 Å². The Hall–Kier alpha value is -2.34. The summed E-state index contributed by atoms with van der Waals surface area (Å²) in [6, 6.07) is 11.7. The Morgan fingerprint density at radius 2 is 2.00 bits per heavy atom. The second kappa shape index (κ2) is 7.78. The fourth-order valence-electron chi connectivity index (χ4n) is 1.91. The molecule has 0 saturated heterocycles. The van der Waals surface area contributed by atoms with Crippen LogP contribution in [0.25, 0.3) is 0 Å². The van der Waals surface area contributed by atoms with Gasteiger partial charge in [0.2, 0.25) is 5.91 Å². The van der Waals surface area contributed by atoms with Gasteiger partial charge >= 0.3 is 6.61 Å². The molecule has 2 aromatic rings. The monoisotopic (exact) mass is 340 g/mol. The molecule has 1 amide bonds. The Labute approximate surface area is 137 Å². The largest absolute Gasteiger partial charge is 0.433 e. The van der Waals surface area contributed by atoms with E-state index < -0.39 is 6.61 Å². The van der Waals surface area contributed by atoms with E-state index in [1.807, 2.05) is 25.1 Å². The first kappa shape index (κ1) is 17.0. The van der Waals surface area contributed by atoms with Gasteiger partial charge in [-0.2, -0.15) is 8.78 Å². The third-order valence-corrected chi connectivity index (χ3v) is 3.20. The molecular weight excluding hydrogens is 326 g/mol. The van der Waals surface area contributed by atoms with Crippen LogP contribution in [0.3, 0.4) is 0 Å². The van der Waals surface area contributed by atoms with Crippen LogP contribution in [0.4, 0.5) is 20.2 Å². The topological polar surface area (TPSA) is 50.4 Å². The molecule has 0 aliphatic rings. The molecule has 23 heavy (non-hydrogen) atoms. The van der Waals surface area contributed by atoms with Crippen molar-refractivity contribution < 1.29 is 18.3 Å². The lowest BCUT2D eigenvalue weighted by Gasteiger charge is -2.11. The van der Waals surface area contributed by atoms with Gasteiger partial charge in [0.05, 0.1) is 11.6 Å². The van der Waals surface area contributed by atoms with Crippen molar-refractivity contribution in [2.24, 2.45) is 0 Å². The Balaban J connectivity index is 1.90. The molecule has 7 heteroatoms. The molecule has 0 aliphatic heterocycles. The number of rotatable bonds is 6. The molecule has 0 fully saturated rings. The molecule has 4 nitrogen and oxygen atoms in total. The average molecular weight is 341 g/mol. The van der Waals surface area contributed by atoms with Gasteiger partial charge < -0.3 is 15.4 Å². The lowest BCUT2D eigenvalue weighted by atomic mass is 10.2. The molecule has 0 unspecified atom stereocenters. The molecular formula is C16H15ClF2N2O2. The van der Waals surface area contributed by atoms with E-state index in [4.69, 9.17) is 11.6 Å². The fraction of sp³-hybridized carbons (Fsp3) is 0.188. The van der Waals surface area contributed by atoms with Gasteiger partial charge in [-0.3, -0.25) is 4.79 Å². The molecule has 0 radical (unpaired) electrons. The summed E-state index contributed by atoms with van der Waals surface area (Å²) in [5.41, 5.74) is 2.27. The Morgan fingerprint density at radius 3 is 2.65 bits per heavy atom. The highest BCUT2D eigenvalue weighted by molar-refractivity contribution is 6.32. The van der Waals surface area contributed by atoms with Crippen molar-refractivity contribution >= 4 is 28.9 Å². The molecule has 0 aromatic heterocycles. The second-order valence-corrected chi connectivity index (χ2v) is 5.20. The number of ether oxygens (including phenoxy) is 1. The fourth-order valence-corrected chi connectivity index (χ4v) is 2.14. The Morgan fingerprint density at radius 1 is 1.22 bits per heavy atom. The first-order chi connectivity index (χ1) is 10.9. The van der Waals surface area contributed by atoms with E-state index in [-0.39, 0.29) is 23.2 Å². The van der Waals surface area contributed by atoms with Crippen LogP contribution in [0.2, 0.25) is 5.02 Å². The summed E-state index contributed by atoms with van der Waals surface area (Å²) in [7, 11) is 0. The van der Waals surface area contributed by atoms with E-state index in [0.717, 1.165) is 5.56 Å². The summed E-state index contributed by atoms with van der Waals surface area (Å²) in [5.74, 6) is -0.351. The van der Waals surface area contributed by atoms with E-state index in [1.54, 1.807) is 6.07 Å². The van der Waals surface area contributed by atoms with Crippen molar-refractivity contribution in [3.8, 4) is 5.75 Å². The number of aryl methyl sites for hydroxylation is 1. The van der Waals surface area contributed by atoms with E-state index in [9.17, 15) is 13.6 Å². The minimum atomic E-state index is -2.94. The first-order valence-electron chi connectivity index (χ1n) is 6.79. The molecule has 122 valence electrons. The van der Waals surface area contributed by atoms with Gasteiger partial charge in [0.15, 0.2) is 0 Å². The molecule has 0 saturated carbocycles. The summed E-state index contributed by atoms with van der Waals surface area (Å²) in [4.78, 5) is 11.9. The lowest BCUT2D eigenvalue weighted by molar-refractivity contribution is -0.114. The maximum atomic E-state index is 12.1. The number of carbonyl (C=O) groups is 1. The minimum Gasteiger partial charge on any atom is -0.433 e. The summed E-state index contributed by atoms with van der Waals surface area (Å²) >= 11 is 5.84.